The zero-order valence-corrected chi connectivity index (χ0v) is 20.5. The van der Waals surface area contributed by atoms with E-state index in [-0.39, 0.29) is 29.5 Å². The van der Waals surface area contributed by atoms with Crippen LogP contribution in [-0.4, -0.2) is 45.5 Å². The van der Waals surface area contributed by atoms with Crippen molar-refractivity contribution in [2.24, 2.45) is 5.92 Å². The van der Waals surface area contributed by atoms with Crippen molar-refractivity contribution in [1.29, 1.82) is 0 Å². The molecule has 0 atom stereocenters. The second kappa shape index (κ2) is 10.3. The highest BCUT2D eigenvalue weighted by molar-refractivity contribution is 5.92. The summed E-state index contributed by atoms with van der Waals surface area (Å²) in [6, 6.07) is 15.2. The number of imidazole rings is 1. The van der Waals surface area contributed by atoms with Crippen molar-refractivity contribution < 1.29 is 18.0 Å². The second-order valence-corrected chi connectivity index (χ2v) is 9.67. The van der Waals surface area contributed by atoms with Gasteiger partial charge in [-0.25, -0.2) is 9.97 Å². The molecule has 2 aromatic carbocycles. The van der Waals surface area contributed by atoms with Crippen molar-refractivity contribution in [1.82, 2.24) is 19.4 Å². The van der Waals surface area contributed by atoms with Gasteiger partial charge in [-0.1, -0.05) is 18.2 Å². The SMILES string of the molecule is CN1CCC(Cc2ccc(NC(=O)Cc3ccc(-n4cnc5cccnc54)cc3)cc2C(F)(F)F)CC1. The third-order valence-electron chi connectivity index (χ3n) is 6.93. The van der Waals surface area contributed by atoms with E-state index < -0.39 is 11.7 Å². The first-order chi connectivity index (χ1) is 17.8. The molecule has 37 heavy (non-hydrogen) atoms. The molecule has 9 heteroatoms. The van der Waals surface area contributed by atoms with Gasteiger partial charge in [-0.2, -0.15) is 13.2 Å². The van der Waals surface area contributed by atoms with Crippen LogP contribution in [0.25, 0.3) is 16.9 Å². The van der Waals surface area contributed by atoms with Crippen molar-refractivity contribution >= 4 is 22.8 Å². The van der Waals surface area contributed by atoms with Crippen LogP contribution in [0.5, 0.6) is 0 Å². The van der Waals surface area contributed by atoms with Gasteiger partial charge in [-0.15, -0.1) is 0 Å². The topological polar surface area (TPSA) is 63.1 Å². The van der Waals surface area contributed by atoms with Crippen molar-refractivity contribution in [2.45, 2.75) is 31.9 Å². The highest BCUT2D eigenvalue weighted by atomic mass is 19.4. The molecule has 1 fully saturated rings. The van der Waals surface area contributed by atoms with E-state index >= 15 is 0 Å². The molecule has 192 valence electrons. The van der Waals surface area contributed by atoms with Gasteiger partial charge in [0.2, 0.25) is 5.91 Å². The highest BCUT2D eigenvalue weighted by Crippen LogP contribution is 2.36. The maximum Gasteiger partial charge on any atom is 0.416 e. The van der Waals surface area contributed by atoms with Crippen LogP contribution in [0, 0.1) is 5.92 Å². The Bertz CT molecular complexity index is 1390. The summed E-state index contributed by atoms with van der Waals surface area (Å²) in [5.74, 6) is -0.143. The molecule has 6 nitrogen and oxygen atoms in total. The van der Waals surface area contributed by atoms with Gasteiger partial charge in [0.1, 0.15) is 11.8 Å². The average Bonchev–Trinajstić information content (AvgIpc) is 3.30. The molecule has 0 unspecified atom stereocenters. The number of nitrogens with one attached hydrogen (secondary N) is 1. The molecule has 5 rings (SSSR count). The van der Waals surface area contributed by atoms with Crippen LogP contribution >= 0.6 is 0 Å². The largest absolute Gasteiger partial charge is 0.416 e. The highest BCUT2D eigenvalue weighted by Gasteiger charge is 2.34. The minimum absolute atomic E-state index is 0.0436. The van der Waals surface area contributed by atoms with Crippen molar-refractivity contribution in [3.63, 3.8) is 0 Å². The smallest absolute Gasteiger partial charge is 0.326 e. The quantitative estimate of drug-likeness (QED) is 0.374. The van der Waals surface area contributed by atoms with Gasteiger partial charge in [-0.05, 0) is 92.8 Å². The maximum absolute atomic E-state index is 13.8. The number of halogens is 3. The number of likely N-dealkylation sites (tertiary alicyclic amines) is 1. The van der Waals surface area contributed by atoms with Gasteiger partial charge in [0, 0.05) is 17.6 Å². The number of fused-ring (bicyclic) bond motifs is 1. The summed E-state index contributed by atoms with van der Waals surface area (Å²) in [4.78, 5) is 23.5. The molecule has 0 radical (unpaired) electrons. The molecular formula is C28H28F3N5O. The van der Waals surface area contributed by atoms with Crippen LogP contribution in [0.1, 0.15) is 29.5 Å². The number of nitrogens with zero attached hydrogens (tertiary/aromatic N) is 4. The predicted molar refractivity (Wildman–Crippen MR) is 137 cm³/mol. The molecule has 0 saturated carbocycles. The fraction of sp³-hybridized carbons (Fsp3) is 0.321. The lowest BCUT2D eigenvalue weighted by molar-refractivity contribution is -0.138. The van der Waals surface area contributed by atoms with E-state index in [9.17, 15) is 18.0 Å². The van der Waals surface area contributed by atoms with Gasteiger partial charge in [0.15, 0.2) is 5.65 Å². The second-order valence-electron chi connectivity index (χ2n) is 9.67. The van der Waals surface area contributed by atoms with E-state index in [0.29, 0.717) is 6.42 Å². The van der Waals surface area contributed by atoms with Crippen LogP contribution in [0.4, 0.5) is 18.9 Å². The average molecular weight is 508 g/mol. The van der Waals surface area contributed by atoms with Crippen molar-refractivity contribution in [3.8, 4) is 5.69 Å². The Morgan fingerprint density at radius 2 is 1.81 bits per heavy atom. The number of benzene rings is 2. The summed E-state index contributed by atoms with van der Waals surface area (Å²) >= 11 is 0. The van der Waals surface area contributed by atoms with Crippen LogP contribution in [-0.2, 0) is 23.8 Å². The van der Waals surface area contributed by atoms with E-state index in [1.165, 1.54) is 6.07 Å². The third-order valence-corrected chi connectivity index (χ3v) is 6.93. The summed E-state index contributed by atoms with van der Waals surface area (Å²) < 4.78 is 43.4. The first kappa shape index (κ1) is 25.0. The number of anilines is 1. The molecule has 0 spiro atoms. The number of hydrogen-bond acceptors (Lipinski definition) is 4. The number of carbonyl (C=O) groups excluding carboxylic acids is 1. The molecule has 1 amide bonds. The fourth-order valence-corrected chi connectivity index (χ4v) is 4.88. The molecule has 1 aliphatic heterocycles. The molecule has 4 aromatic rings. The van der Waals surface area contributed by atoms with Gasteiger partial charge < -0.3 is 10.2 Å². The minimum atomic E-state index is -4.48. The molecule has 0 aliphatic carbocycles. The van der Waals surface area contributed by atoms with E-state index in [2.05, 4.69) is 20.2 Å². The Kier molecular flexibility index (Phi) is 6.97. The van der Waals surface area contributed by atoms with Crippen molar-refractivity contribution in [3.05, 3.63) is 83.8 Å². The van der Waals surface area contributed by atoms with Crippen LogP contribution in [0.15, 0.2) is 67.1 Å². The van der Waals surface area contributed by atoms with E-state index in [1.54, 1.807) is 18.6 Å². The number of carbonyl (C=O) groups is 1. The first-order valence-electron chi connectivity index (χ1n) is 12.3. The predicted octanol–water partition coefficient (Wildman–Crippen LogP) is 5.50. The Labute approximate surface area is 213 Å². The Hall–Kier alpha value is -3.72. The lowest BCUT2D eigenvalue weighted by atomic mass is 9.88. The lowest BCUT2D eigenvalue weighted by Gasteiger charge is -2.29. The third kappa shape index (κ3) is 5.83. The minimum Gasteiger partial charge on any atom is -0.326 e. The summed E-state index contributed by atoms with van der Waals surface area (Å²) in [5, 5.41) is 2.64. The first-order valence-corrected chi connectivity index (χ1v) is 12.3. The van der Waals surface area contributed by atoms with E-state index in [1.807, 2.05) is 48.0 Å². The van der Waals surface area contributed by atoms with Crippen LogP contribution in [0.3, 0.4) is 0 Å². The number of amides is 1. The summed E-state index contributed by atoms with van der Waals surface area (Å²) in [6.45, 7) is 1.80. The van der Waals surface area contributed by atoms with E-state index in [4.69, 9.17) is 0 Å². The number of alkyl halides is 3. The van der Waals surface area contributed by atoms with Gasteiger partial charge >= 0.3 is 6.18 Å². The zero-order valence-electron chi connectivity index (χ0n) is 20.5. The van der Waals surface area contributed by atoms with E-state index in [0.717, 1.165) is 54.4 Å². The number of pyridine rings is 1. The zero-order chi connectivity index (χ0) is 26.0. The number of piperidine rings is 1. The number of rotatable bonds is 6. The molecule has 1 aliphatic rings. The molecule has 3 heterocycles. The van der Waals surface area contributed by atoms with Gasteiger partial charge in [-0.3, -0.25) is 9.36 Å². The Morgan fingerprint density at radius 1 is 1.05 bits per heavy atom. The number of hydrogen-bond donors (Lipinski definition) is 1. The molecule has 0 bridgehead atoms. The summed E-state index contributed by atoms with van der Waals surface area (Å²) in [6.07, 6.45) is 1.12. The maximum atomic E-state index is 13.8. The number of aromatic nitrogens is 3. The Morgan fingerprint density at radius 3 is 2.54 bits per heavy atom. The molecular weight excluding hydrogens is 479 g/mol. The summed E-state index contributed by atoms with van der Waals surface area (Å²) in [5.41, 5.74) is 2.87. The van der Waals surface area contributed by atoms with Crippen LogP contribution in [0.2, 0.25) is 0 Å². The fourth-order valence-electron chi connectivity index (χ4n) is 4.88. The van der Waals surface area contributed by atoms with Crippen LogP contribution < -0.4 is 5.32 Å². The van der Waals surface area contributed by atoms with Crippen molar-refractivity contribution in [2.75, 3.05) is 25.5 Å². The standard InChI is InChI=1S/C28H28F3N5O/c1-35-13-10-20(11-14-35)15-21-6-7-22(17-24(21)28(29,30)31)34-26(37)16-19-4-8-23(9-5-19)36-18-33-25-3-2-12-32-27(25)36/h2-9,12,17-18,20H,10-11,13-16H2,1H3,(H,34,37). The Balaban J connectivity index is 1.26. The van der Waals surface area contributed by atoms with Gasteiger partial charge in [0.25, 0.3) is 0 Å². The lowest BCUT2D eigenvalue weighted by Crippen LogP contribution is -2.31. The normalized spacial score (nSPS) is 15.2. The monoisotopic (exact) mass is 507 g/mol. The molecule has 1 N–H and O–H groups in total. The van der Waals surface area contributed by atoms with Gasteiger partial charge in [0.05, 0.1) is 12.0 Å². The summed E-state index contributed by atoms with van der Waals surface area (Å²) in [7, 11) is 2.03. The molecule has 1 saturated heterocycles. The molecule has 2 aromatic heterocycles.